The number of aliphatic hydroxyl groups excluding tert-OH is 1. The number of anilines is 1. The molecule has 2 fully saturated rings. The predicted octanol–water partition coefficient (Wildman–Crippen LogP) is 3.89. The number of fused-ring (bicyclic) bond motifs is 3. The average Bonchev–Trinajstić information content (AvgIpc) is 3.33. The van der Waals surface area contributed by atoms with Crippen LogP contribution in [0.3, 0.4) is 0 Å². The van der Waals surface area contributed by atoms with Crippen molar-refractivity contribution in [3.05, 3.63) is 34.9 Å². The van der Waals surface area contributed by atoms with Gasteiger partial charge in [0.05, 0.1) is 34.4 Å². The predicted molar refractivity (Wildman–Crippen MR) is 110 cm³/mol. The molecule has 5 rings (SSSR count). The fourth-order valence-corrected chi connectivity index (χ4v) is 5.79. The first-order chi connectivity index (χ1) is 13.2. The molecule has 0 saturated heterocycles. The monoisotopic (exact) mass is 399 g/mol. The standard InChI is InChI=1S/C21H26ClN5O/c1-19(2)20(3)5-6-21(19,8-16(20)28)26-17-13(22)10-23-15-7-14(25-18(15)17)12-9-24-27(4)11-12/h9-11,16,28H,5-8H2,1-4H3,(H,23,26). The highest BCUT2D eigenvalue weighted by molar-refractivity contribution is 6.34. The molecule has 0 spiro atoms. The molecule has 0 amide bonds. The van der Waals surface area contributed by atoms with E-state index >= 15 is 0 Å². The Bertz CT molecular complexity index is 1010. The zero-order valence-electron chi connectivity index (χ0n) is 16.8. The fraction of sp³-hybridized carbons (Fsp3) is 0.571. The molecule has 148 valence electrons. The van der Waals surface area contributed by atoms with Gasteiger partial charge in [0.2, 0.25) is 0 Å². The summed E-state index contributed by atoms with van der Waals surface area (Å²) in [5, 5.41) is 19.4. The number of nitrogens with zero attached hydrogens (tertiary/aromatic N) is 4. The molecular weight excluding hydrogens is 374 g/mol. The van der Waals surface area contributed by atoms with Crippen molar-refractivity contribution in [2.75, 3.05) is 5.32 Å². The lowest BCUT2D eigenvalue weighted by Crippen LogP contribution is -2.46. The quantitative estimate of drug-likeness (QED) is 0.821. The number of hydrogen-bond donors (Lipinski definition) is 2. The first kappa shape index (κ1) is 18.1. The van der Waals surface area contributed by atoms with E-state index in [0.717, 1.165) is 47.6 Å². The minimum absolute atomic E-state index is 0.0621. The smallest absolute Gasteiger partial charge is 0.110 e. The number of aryl methyl sites for hydroxylation is 1. The molecular formula is C21H26ClN5O. The van der Waals surface area contributed by atoms with Gasteiger partial charge in [-0.3, -0.25) is 9.67 Å². The maximum Gasteiger partial charge on any atom is 0.110 e. The van der Waals surface area contributed by atoms with Crippen LogP contribution < -0.4 is 5.32 Å². The number of halogens is 1. The molecule has 2 aromatic heterocycles. The third-order valence-corrected chi connectivity index (χ3v) is 8.33. The molecule has 2 aliphatic carbocycles. The van der Waals surface area contributed by atoms with Gasteiger partial charge in [-0.15, -0.1) is 0 Å². The third kappa shape index (κ3) is 2.16. The number of rotatable bonds is 3. The summed E-state index contributed by atoms with van der Waals surface area (Å²) in [5.41, 5.74) is 4.21. The van der Waals surface area contributed by atoms with Crippen LogP contribution in [0.25, 0.3) is 0 Å². The van der Waals surface area contributed by atoms with E-state index in [9.17, 15) is 5.11 Å². The van der Waals surface area contributed by atoms with Crippen LogP contribution in [-0.2, 0) is 13.5 Å². The highest BCUT2D eigenvalue weighted by Crippen LogP contribution is 2.68. The second-order valence-electron chi connectivity index (χ2n) is 9.38. The largest absolute Gasteiger partial charge is 0.392 e. The molecule has 0 radical (unpaired) electrons. The summed E-state index contributed by atoms with van der Waals surface area (Å²) in [6, 6.07) is 0. The van der Waals surface area contributed by atoms with E-state index in [-0.39, 0.29) is 22.5 Å². The summed E-state index contributed by atoms with van der Waals surface area (Å²) in [7, 11) is 1.90. The van der Waals surface area contributed by atoms with Crippen molar-refractivity contribution in [1.82, 2.24) is 14.8 Å². The molecule has 0 aromatic carbocycles. The number of aliphatic hydroxyl groups is 1. The first-order valence-corrected chi connectivity index (χ1v) is 10.2. The van der Waals surface area contributed by atoms with Crippen molar-refractivity contribution in [3.8, 4) is 0 Å². The van der Waals surface area contributed by atoms with Crippen LogP contribution in [-0.4, -0.2) is 37.2 Å². The highest BCUT2D eigenvalue weighted by Gasteiger charge is 2.69. The Morgan fingerprint density at radius 1 is 1.25 bits per heavy atom. The van der Waals surface area contributed by atoms with Gasteiger partial charge in [0.1, 0.15) is 5.69 Å². The van der Waals surface area contributed by atoms with Crippen LogP contribution >= 0.6 is 11.6 Å². The maximum absolute atomic E-state index is 10.8. The van der Waals surface area contributed by atoms with Gasteiger partial charge in [-0.25, -0.2) is 4.99 Å². The zero-order valence-corrected chi connectivity index (χ0v) is 17.5. The third-order valence-electron chi connectivity index (χ3n) is 8.04. The van der Waals surface area contributed by atoms with Crippen LogP contribution in [0.2, 0.25) is 5.02 Å². The molecule has 2 N–H and O–H groups in total. The van der Waals surface area contributed by atoms with Crippen molar-refractivity contribution in [3.63, 3.8) is 0 Å². The molecule has 2 aromatic rings. The van der Waals surface area contributed by atoms with Gasteiger partial charge in [0.25, 0.3) is 0 Å². The summed E-state index contributed by atoms with van der Waals surface area (Å²) in [6.45, 7) is 6.75. The van der Waals surface area contributed by atoms with Crippen molar-refractivity contribution in [2.45, 2.75) is 58.1 Å². The lowest BCUT2D eigenvalue weighted by atomic mass is 9.68. The minimum atomic E-state index is -0.313. The normalized spacial score (nSPS) is 32.5. The number of aliphatic imine (C=N–C) groups is 1. The molecule has 3 aliphatic rings. The molecule has 3 atom stereocenters. The first-order valence-electron chi connectivity index (χ1n) is 9.87. The van der Waals surface area contributed by atoms with Gasteiger partial charge in [-0.2, -0.15) is 5.10 Å². The van der Waals surface area contributed by atoms with Crippen LogP contribution in [0, 0.1) is 10.8 Å². The van der Waals surface area contributed by atoms with Crippen molar-refractivity contribution >= 4 is 28.7 Å². The zero-order chi connectivity index (χ0) is 19.9. The van der Waals surface area contributed by atoms with Gasteiger partial charge in [0, 0.05) is 42.4 Å². The number of aromatic nitrogens is 3. The Balaban J connectivity index is 1.57. The van der Waals surface area contributed by atoms with Gasteiger partial charge < -0.3 is 10.4 Å². The Morgan fingerprint density at radius 3 is 2.64 bits per heavy atom. The van der Waals surface area contributed by atoms with E-state index in [1.54, 1.807) is 10.9 Å². The van der Waals surface area contributed by atoms with Gasteiger partial charge in [-0.05, 0) is 24.7 Å². The second-order valence-corrected chi connectivity index (χ2v) is 9.79. The average molecular weight is 400 g/mol. The summed E-state index contributed by atoms with van der Waals surface area (Å²) in [5.74, 6) is 0. The number of hydrogen-bond acceptors (Lipinski definition) is 5. The van der Waals surface area contributed by atoms with E-state index in [0.29, 0.717) is 11.4 Å². The summed E-state index contributed by atoms with van der Waals surface area (Å²) >= 11 is 6.61. The number of nitrogens with one attached hydrogen (secondary N) is 1. The molecule has 3 unspecified atom stereocenters. The van der Waals surface area contributed by atoms with Crippen LogP contribution in [0.4, 0.5) is 11.4 Å². The number of pyridine rings is 1. The summed E-state index contributed by atoms with van der Waals surface area (Å²) in [4.78, 5) is 9.43. The maximum atomic E-state index is 10.8. The van der Waals surface area contributed by atoms with Crippen molar-refractivity contribution in [1.29, 1.82) is 0 Å². The lowest BCUT2D eigenvalue weighted by molar-refractivity contribution is 0.0125. The molecule has 2 bridgehead atoms. The Labute approximate surface area is 170 Å². The topological polar surface area (TPSA) is 75.3 Å². The van der Waals surface area contributed by atoms with E-state index < -0.39 is 0 Å². The molecule has 7 heteroatoms. The minimum Gasteiger partial charge on any atom is -0.392 e. The molecule has 28 heavy (non-hydrogen) atoms. The van der Waals surface area contributed by atoms with E-state index in [4.69, 9.17) is 16.6 Å². The van der Waals surface area contributed by atoms with Crippen LogP contribution in [0.15, 0.2) is 23.6 Å². The summed E-state index contributed by atoms with van der Waals surface area (Å²) in [6.07, 6.45) is 8.62. The van der Waals surface area contributed by atoms with E-state index in [1.165, 1.54) is 0 Å². The summed E-state index contributed by atoms with van der Waals surface area (Å²) < 4.78 is 1.78. The van der Waals surface area contributed by atoms with Crippen LogP contribution in [0.1, 0.15) is 51.3 Å². The van der Waals surface area contributed by atoms with Crippen molar-refractivity contribution in [2.24, 2.45) is 22.9 Å². The SMILES string of the molecule is Cn1cc(C2=Nc3c(ncc(Cl)c3NC34CCC(C)(C(O)C3)C4(C)C)C2)cn1. The molecule has 1 aliphatic heterocycles. The Morgan fingerprint density at radius 2 is 2.04 bits per heavy atom. The van der Waals surface area contributed by atoms with E-state index in [2.05, 4.69) is 36.2 Å². The van der Waals surface area contributed by atoms with Gasteiger partial charge in [-0.1, -0.05) is 32.4 Å². The van der Waals surface area contributed by atoms with Gasteiger partial charge in [0.15, 0.2) is 0 Å². The molecule has 2 saturated carbocycles. The highest BCUT2D eigenvalue weighted by atomic mass is 35.5. The second kappa shape index (κ2) is 5.57. The van der Waals surface area contributed by atoms with Crippen LogP contribution in [0.5, 0.6) is 0 Å². The Hall–Kier alpha value is -1.92. The molecule has 3 heterocycles. The Kier molecular flexibility index (Phi) is 3.61. The fourth-order valence-electron chi connectivity index (χ4n) is 5.61. The van der Waals surface area contributed by atoms with Crippen molar-refractivity contribution < 1.29 is 5.11 Å². The van der Waals surface area contributed by atoms with E-state index in [1.807, 2.05) is 19.4 Å². The lowest BCUT2D eigenvalue weighted by Gasteiger charge is -2.42. The molecule has 6 nitrogen and oxygen atoms in total. The van der Waals surface area contributed by atoms with Gasteiger partial charge >= 0.3 is 0 Å².